The highest BCUT2D eigenvalue weighted by Gasteiger charge is 2.22. The Kier molecular flexibility index (Phi) is 9.48. The molecule has 0 fully saturated rings. The van der Waals surface area contributed by atoms with Crippen LogP contribution >= 0.6 is 0 Å². The summed E-state index contributed by atoms with van der Waals surface area (Å²) in [5, 5.41) is 12.0. The number of fused-ring (bicyclic) bond motifs is 1. The third-order valence-corrected chi connectivity index (χ3v) is 7.61. The molecule has 0 saturated carbocycles. The third-order valence-electron chi connectivity index (χ3n) is 6.03. The van der Waals surface area contributed by atoms with Gasteiger partial charge in [-0.05, 0) is 56.2 Å². The van der Waals surface area contributed by atoms with Crippen LogP contribution in [0.1, 0.15) is 41.7 Å². The zero-order valence-electron chi connectivity index (χ0n) is 22.2. The Morgan fingerprint density at radius 1 is 1.08 bits per heavy atom. The minimum Gasteiger partial charge on any atom is -0.480 e. The van der Waals surface area contributed by atoms with E-state index in [-0.39, 0.29) is 42.4 Å². The second-order valence-corrected chi connectivity index (χ2v) is 14.1. The molecule has 0 aliphatic heterocycles. The minimum absolute atomic E-state index is 0.00435. The maximum absolute atomic E-state index is 12.7. The third kappa shape index (κ3) is 8.68. The Bertz CT molecular complexity index is 1350. The molecule has 0 saturated heterocycles. The summed E-state index contributed by atoms with van der Waals surface area (Å²) in [5.41, 5.74) is 13.8. The van der Waals surface area contributed by atoms with Gasteiger partial charge in [-0.25, -0.2) is 14.8 Å². The van der Waals surface area contributed by atoms with Gasteiger partial charge in [0.05, 0.1) is 18.4 Å². The highest BCUT2D eigenvalue weighted by molar-refractivity contribution is 6.69. The Labute approximate surface area is 226 Å². The van der Waals surface area contributed by atoms with E-state index < -0.39 is 26.2 Å². The standard InChI is InChI=1S/C25H34N8O5Si/c1-33(14-16-13-28-22-20(29-16)21(26)31-25(27)32-22)17-8-6-15(7-9-17)23(35)30-19(24(36)37)11-10-18(34)5-4-12-39(2,3)38/h6-9,13,19,38H,4-5,10-12,14H2,1-3H3,(H,30,35)(H,36,37)(H4,26,27,28,31,32)/t19-/m0/s1. The molecular formula is C25H34N8O5Si. The first-order valence-electron chi connectivity index (χ1n) is 12.5. The van der Waals surface area contributed by atoms with E-state index in [4.69, 9.17) is 11.5 Å². The average Bonchev–Trinajstić information content (AvgIpc) is 2.85. The van der Waals surface area contributed by atoms with Gasteiger partial charge >= 0.3 is 5.97 Å². The smallest absolute Gasteiger partial charge is 0.326 e. The molecule has 1 atom stereocenters. The number of nitrogen functional groups attached to an aromatic ring is 2. The van der Waals surface area contributed by atoms with Crippen molar-refractivity contribution >= 4 is 54.6 Å². The van der Waals surface area contributed by atoms with Crippen molar-refractivity contribution in [2.45, 2.75) is 57.4 Å². The van der Waals surface area contributed by atoms with Crippen LogP contribution in [0.15, 0.2) is 30.5 Å². The molecule has 0 aliphatic carbocycles. The molecule has 13 nitrogen and oxygen atoms in total. The van der Waals surface area contributed by atoms with Crippen LogP contribution < -0.4 is 21.7 Å². The first-order chi connectivity index (χ1) is 18.3. The van der Waals surface area contributed by atoms with Crippen molar-refractivity contribution in [2.24, 2.45) is 0 Å². The van der Waals surface area contributed by atoms with Crippen molar-refractivity contribution < 1.29 is 24.3 Å². The van der Waals surface area contributed by atoms with E-state index in [0.717, 1.165) is 5.69 Å². The number of hydrogen-bond acceptors (Lipinski definition) is 11. The fraction of sp³-hybridized carbons (Fsp3) is 0.400. The van der Waals surface area contributed by atoms with Gasteiger partial charge in [0.2, 0.25) is 5.95 Å². The number of Topliss-reactive ketones (excluding diaryl/α,β-unsaturated/α-hetero) is 1. The molecule has 1 amide bonds. The molecule has 14 heteroatoms. The summed E-state index contributed by atoms with van der Waals surface area (Å²) >= 11 is 0. The van der Waals surface area contributed by atoms with E-state index >= 15 is 0 Å². The topological polar surface area (TPSA) is 211 Å². The summed E-state index contributed by atoms with van der Waals surface area (Å²) < 4.78 is 0. The molecule has 7 N–H and O–H groups in total. The van der Waals surface area contributed by atoms with Crippen molar-refractivity contribution in [2.75, 3.05) is 23.4 Å². The highest BCUT2D eigenvalue weighted by atomic mass is 28.4. The number of anilines is 3. The van der Waals surface area contributed by atoms with Gasteiger partial charge in [0.15, 0.2) is 25.3 Å². The summed E-state index contributed by atoms with van der Waals surface area (Å²) in [6, 6.07) is 6.06. The Hall–Kier alpha value is -4.17. The molecule has 3 aromatic rings. The quantitative estimate of drug-likeness (QED) is 0.191. The van der Waals surface area contributed by atoms with Crippen molar-refractivity contribution in [3.05, 3.63) is 41.7 Å². The fourth-order valence-electron chi connectivity index (χ4n) is 3.91. The summed E-state index contributed by atoms with van der Waals surface area (Å²) in [6.45, 7) is 3.99. The number of carbonyl (C=O) groups is 3. The monoisotopic (exact) mass is 554 g/mol. The molecule has 0 unspecified atom stereocenters. The second kappa shape index (κ2) is 12.6. The van der Waals surface area contributed by atoms with E-state index in [2.05, 4.69) is 25.3 Å². The Morgan fingerprint density at radius 2 is 1.77 bits per heavy atom. The SMILES string of the molecule is CN(Cc1cnc2nc(N)nc(N)c2n1)c1ccc(C(=O)N[C@@H](CCC(=O)CCC[Si](C)(C)O)C(=O)O)cc1. The molecule has 3 rings (SSSR count). The van der Waals surface area contributed by atoms with E-state index in [9.17, 15) is 24.3 Å². The number of benzene rings is 1. The maximum Gasteiger partial charge on any atom is 0.326 e. The van der Waals surface area contributed by atoms with Crippen LogP contribution in [0.3, 0.4) is 0 Å². The van der Waals surface area contributed by atoms with Gasteiger partial charge in [0, 0.05) is 31.1 Å². The lowest BCUT2D eigenvalue weighted by Crippen LogP contribution is -2.41. The van der Waals surface area contributed by atoms with Gasteiger partial charge in [-0.15, -0.1) is 0 Å². The van der Waals surface area contributed by atoms with Gasteiger partial charge in [0.25, 0.3) is 5.91 Å². The lowest BCUT2D eigenvalue weighted by atomic mass is 10.1. The first kappa shape index (κ1) is 29.4. The molecule has 1 aromatic carbocycles. The van der Waals surface area contributed by atoms with Gasteiger partial charge in [-0.1, -0.05) is 0 Å². The zero-order chi connectivity index (χ0) is 28.7. The summed E-state index contributed by atoms with van der Waals surface area (Å²) in [6.07, 6.45) is 2.46. The molecule has 0 radical (unpaired) electrons. The van der Waals surface area contributed by atoms with Crippen LogP contribution in [0.25, 0.3) is 11.2 Å². The van der Waals surface area contributed by atoms with E-state index in [1.807, 2.05) is 11.9 Å². The van der Waals surface area contributed by atoms with Crippen molar-refractivity contribution in [1.29, 1.82) is 0 Å². The van der Waals surface area contributed by atoms with Crippen molar-refractivity contribution in [1.82, 2.24) is 25.3 Å². The highest BCUT2D eigenvalue weighted by Crippen LogP contribution is 2.19. The van der Waals surface area contributed by atoms with Crippen LogP contribution in [0.5, 0.6) is 0 Å². The molecular weight excluding hydrogens is 520 g/mol. The normalized spacial score (nSPS) is 12.2. The molecule has 2 aromatic heterocycles. The minimum atomic E-state index is -2.22. The van der Waals surface area contributed by atoms with Gasteiger partial charge in [0.1, 0.15) is 11.8 Å². The molecule has 0 spiro atoms. The van der Waals surface area contributed by atoms with Gasteiger partial charge in [-0.2, -0.15) is 9.97 Å². The van der Waals surface area contributed by atoms with Crippen LogP contribution in [-0.2, 0) is 16.1 Å². The Balaban J connectivity index is 1.56. The number of aliphatic carboxylic acids is 1. The number of rotatable bonds is 13. The molecule has 2 heterocycles. The van der Waals surface area contributed by atoms with Crippen LogP contribution in [0.2, 0.25) is 19.1 Å². The van der Waals surface area contributed by atoms with Crippen LogP contribution in [0.4, 0.5) is 17.5 Å². The molecule has 0 aliphatic rings. The number of carbonyl (C=O) groups excluding carboxylic acids is 2. The van der Waals surface area contributed by atoms with Crippen molar-refractivity contribution in [3.63, 3.8) is 0 Å². The number of aromatic nitrogens is 4. The largest absolute Gasteiger partial charge is 0.480 e. The van der Waals surface area contributed by atoms with Gasteiger partial charge < -0.3 is 31.6 Å². The molecule has 0 bridgehead atoms. The number of nitrogens with zero attached hydrogens (tertiary/aromatic N) is 5. The zero-order valence-corrected chi connectivity index (χ0v) is 23.2. The molecule has 39 heavy (non-hydrogen) atoms. The summed E-state index contributed by atoms with van der Waals surface area (Å²) in [7, 11) is -0.378. The number of amides is 1. The lowest BCUT2D eigenvalue weighted by Gasteiger charge is -2.19. The van der Waals surface area contributed by atoms with Crippen LogP contribution in [0, 0.1) is 0 Å². The number of hydrogen-bond donors (Lipinski definition) is 5. The van der Waals surface area contributed by atoms with Gasteiger partial charge in [-0.3, -0.25) is 9.59 Å². The van der Waals surface area contributed by atoms with E-state index in [0.29, 0.717) is 35.9 Å². The average molecular weight is 555 g/mol. The number of carboxylic acids is 1. The molecule has 208 valence electrons. The Morgan fingerprint density at radius 3 is 2.41 bits per heavy atom. The number of ketones is 1. The summed E-state index contributed by atoms with van der Waals surface area (Å²) in [5.74, 6) is -1.68. The van der Waals surface area contributed by atoms with E-state index in [1.54, 1.807) is 43.6 Å². The predicted molar refractivity (Wildman–Crippen MR) is 149 cm³/mol. The lowest BCUT2D eigenvalue weighted by molar-refractivity contribution is -0.139. The second-order valence-electron chi connectivity index (χ2n) is 10.0. The fourth-order valence-corrected chi connectivity index (χ4v) is 4.95. The predicted octanol–water partition coefficient (Wildman–Crippen LogP) is 1.73. The van der Waals surface area contributed by atoms with E-state index in [1.165, 1.54) is 0 Å². The number of nitrogens with one attached hydrogen (secondary N) is 1. The number of carboxylic acid groups (broad SMARTS) is 1. The van der Waals surface area contributed by atoms with Crippen LogP contribution in [-0.4, -0.2) is 68.9 Å². The first-order valence-corrected chi connectivity index (χ1v) is 15.6. The number of nitrogens with two attached hydrogens (primary N) is 2. The summed E-state index contributed by atoms with van der Waals surface area (Å²) in [4.78, 5) is 64.9. The maximum atomic E-state index is 12.7. The van der Waals surface area contributed by atoms with Crippen molar-refractivity contribution in [3.8, 4) is 0 Å².